The fourth-order valence-corrected chi connectivity index (χ4v) is 6.34. The van der Waals surface area contributed by atoms with Crippen LogP contribution in [0, 0.1) is 0 Å². The number of urea groups is 1. The molecule has 1 aromatic heterocycles. The molecular formula is C35H40N6O3S. The van der Waals surface area contributed by atoms with E-state index < -0.39 is 0 Å². The third kappa shape index (κ3) is 7.24. The molecule has 2 amide bonds. The lowest BCUT2D eigenvalue weighted by Gasteiger charge is -2.26. The number of fused-ring (bicyclic) bond motifs is 1. The molecule has 0 spiro atoms. The number of carbonyl (C=O) groups excluding carboxylic acids is 1. The first-order valence-corrected chi connectivity index (χ1v) is 16.3. The first-order valence-electron chi connectivity index (χ1n) is 15.3. The Morgan fingerprint density at radius 3 is 2.42 bits per heavy atom. The summed E-state index contributed by atoms with van der Waals surface area (Å²) in [6.45, 7) is 11.5. The van der Waals surface area contributed by atoms with Crippen LogP contribution in [0.5, 0.6) is 5.75 Å². The van der Waals surface area contributed by atoms with E-state index in [1.54, 1.807) is 18.9 Å². The van der Waals surface area contributed by atoms with Crippen LogP contribution in [0.3, 0.4) is 0 Å². The maximum absolute atomic E-state index is 13.5. The van der Waals surface area contributed by atoms with Crippen molar-refractivity contribution < 1.29 is 14.3 Å². The molecule has 1 saturated heterocycles. The predicted octanol–water partition coefficient (Wildman–Crippen LogP) is 7.20. The number of benzene rings is 3. The SMILES string of the molecule is COc1c(NC(=O)Nc2ccc(-c3ccc(CN4CCOCC4)cn3)c3ccccc23)cc(C(C)(C)C)cc1NC1=NCCS1. The number of morpholine rings is 1. The van der Waals surface area contributed by atoms with Crippen LogP contribution in [0.1, 0.15) is 31.9 Å². The second-order valence-electron chi connectivity index (χ2n) is 12.2. The monoisotopic (exact) mass is 624 g/mol. The summed E-state index contributed by atoms with van der Waals surface area (Å²) in [5.41, 5.74) is 6.04. The lowest BCUT2D eigenvalue weighted by atomic mass is 9.86. The summed E-state index contributed by atoms with van der Waals surface area (Å²) in [4.78, 5) is 25.3. The van der Waals surface area contributed by atoms with Gasteiger partial charge in [-0.3, -0.25) is 14.9 Å². The van der Waals surface area contributed by atoms with Gasteiger partial charge in [-0.1, -0.05) is 68.9 Å². The van der Waals surface area contributed by atoms with Gasteiger partial charge in [-0.25, -0.2) is 4.79 Å². The fourth-order valence-electron chi connectivity index (χ4n) is 5.60. The maximum Gasteiger partial charge on any atom is 0.323 e. The second-order valence-corrected chi connectivity index (χ2v) is 13.3. The van der Waals surface area contributed by atoms with Crippen LogP contribution >= 0.6 is 11.8 Å². The van der Waals surface area contributed by atoms with Gasteiger partial charge < -0.3 is 25.4 Å². The molecule has 6 rings (SSSR count). The first-order chi connectivity index (χ1) is 21.8. The number of anilines is 3. The summed E-state index contributed by atoms with van der Waals surface area (Å²) >= 11 is 1.67. The van der Waals surface area contributed by atoms with Gasteiger partial charge in [-0.05, 0) is 46.2 Å². The van der Waals surface area contributed by atoms with Crippen molar-refractivity contribution in [1.82, 2.24) is 9.88 Å². The van der Waals surface area contributed by atoms with E-state index in [4.69, 9.17) is 14.5 Å². The Balaban J connectivity index is 1.24. The quantitative estimate of drug-likeness (QED) is 0.200. The van der Waals surface area contributed by atoms with Gasteiger partial charge in [-0.15, -0.1) is 0 Å². The van der Waals surface area contributed by atoms with E-state index in [0.29, 0.717) is 17.1 Å². The van der Waals surface area contributed by atoms with E-state index >= 15 is 0 Å². The Kier molecular flexibility index (Phi) is 9.25. The van der Waals surface area contributed by atoms with Gasteiger partial charge in [0.05, 0.1) is 49.6 Å². The van der Waals surface area contributed by atoms with Crippen LogP contribution in [-0.4, -0.2) is 66.8 Å². The minimum Gasteiger partial charge on any atom is -0.492 e. The summed E-state index contributed by atoms with van der Waals surface area (Å²) in [5.74, 6) is 1.50. The third-order valence-corrected chi connectivity index (χ3v) is 8.91. The molecule has 45 heavy (non-hydrogen) atoms. The van der Waals surface area contributed by atoms with Crippen molar-refractivity contribution in [2.75, 3.05) is 61.7 Å². The fraction of sp³-hybridized carbons (Fsp3) is 0.343. The highest BCUT2D eigenvalue weighted by molar-refractivity contribution is 8.14. The predicted molar refractivity (Wildman–Crippen MR) is 186 cm³/mol. The molecule has 0 atom stereocenters. The number of ether oxygens (including phenoxy) is 2. The van der Waals surface area contributed by atoms with Gasteiger partial charge in [0, 0.05) is 42.5 Å². The van der Waals surface area contributed by atoms with E-state index in [2.05, 4.69) is 70.9 Å². The van der Waals surface area contributed by atoms with Crippen LogP contribution in [0.2, 0.25) is 0 Å². The number of nitrogens with zero attached hydrogens (tertiary/aromatic N) is 3. The van der Waals surface area contributed by atoms with Crippen LogP contribution in [0.15, 0.2) is 71.9 Å². The minimum absolute atomic E-state index is 0.152. The molecule has 3 heterocycles. The molecule has 0 aliphatic carbocycles. The van der Waals surface area contributed by atoms with Gasteiger partial charge in [0.15, 0.2) is 10.9 Å². The highest BCUT2D eigenvalue weighted by atomic mass is 32.2. The van der Waals surface area contributed by atoms with Crippen molar-refractivity contribution in [2.45, 2.75) is 32.7 Å². The van der Waals surface area contributed by atoms with Gasteiger partial charge in [0.1, 0.15) is 0 Å². The van der Waals surface area contributed by atoms with Crippen molar-refractivity contribution >= 4 is 50.8 Å². The van der Waals surface area contributed by atoms with Crippen LogP contribution < -0.4 is 20.7 Å². The molecule has 234 valence electrons. The average Bonchev–Trinajstić information content (AvgIpc) is 3.55. The maximum atomic E-state index is 13.5. The molecule has 2 aliphatic heterocycles. The largest absolute Gasteiger partial charge is 0.492 e. The zero-order valence-electron chi connectivity index (χ0n) is 26.3. The molecule has 0 radical (unpaired) electrons. The van der Waals surface area contributed by atoms with Crippen molar-refractivity contribution in [2.24, 2.45) is 4.99 Å². The number of carbonyl (C=O) groups is 1. The number of amidine groups is 1. The highest BCUT2D eigenvalue weighted by Gasteiger charge is 2.22. The molecule has 0 bridgehead atoms. The number of thioether (sulfide) groups is 1. The number of aliphatic imine (C=N–C) groups is 1. The van der Waals surface area contributed by atoms with E-state index in [1.807, 2.05) is 42.6 Å². The average molecular weight is 625 g/mol. The zero-order chi connectivity index (χ0) is 31.4. The van der Waals surface area contributed by atoms with Crippen LogP contribution in [0.4, 0.5) is 21.9 Å². The van der Waals surface area contributed by atoms with E-state index in [0.717, 1.165) is 83.6 Å². The Bertz CT molecular complexity index is 1710. The molecule has 0 saturated carbocycles. The third-order valence-electron chi connectivity index (χ3n) is 8.02. The number of aromatic nitrogens is 1. The molecule has 0 unspecified atom stereocenters. The summed E-state index contributed by atoms with van der Waals surface area (Å²) in [6.07, 6.45) is 1.96. The highest BCUT2D eigenvalue weighted by Crippen LogP contribution is 2.40. The van der Waals surface area contributed by atoms with Gasteiger partial charge in [0.25, 0.3) is 0 Å². The number of amides is 2. The number of hydrogen-bond donors (Lipinski definition) is 3. The summed E-state index contributed by atoms with van der Waals surface area (Å²) in [7, 11) is 1.61. The van der Waals surface area contributed by atoms with Gasteiger partial charge in [-0.2, -0.15) is 0 Å². The van der Waals surface area contributed by atoms with E-state index in [9.17, 15) is 4.79 Å². The molecule has 3 N–H and O–H groups in total. The van der Waals surface area contributed by atoms with Crippen LogP contribution in [-0.2, 0) is 16.7 Å². The molecule has 1 fully saturated rings. The van der Waals surface area contributed by atoms with Crippen molar-refractivity contribution in [1.29, 1.82) is 0 Å². The second kappa shape index (κ2) is 13.5. The van der Waals surface area contributed by atoms with Crippen LogP contribution in [0.25, 0.3) is 22.0 Å². The molecule has 4 aromatic rings. The van der Waals surface area contributed by atoms with Gasteiger partial charge >= 0.3 is 6.03 Å². The number of hydrogen-bond acceptors (Lipinski definition) is 8. The molecule has 3 aromatic carbocycles. The lowest BCUT2D eigenvalue weighted by Crippen LogP contribution is -2.35. The Hall–Kier alpha value is -4.12. The molecular weight excluding hydrogens is 584 g/mol. The van der Waals surface area contributed by atoms with Gasteiger partial charge in [0.2, 0.25) is 0 Å². The van der Waals surface area contributed by atoms with E-state index in [-0.39, 0.29) is 11.4 Å². The topological polar surface area (TPSA) is 100 Å². The number of methoxy groups -OCH3 is 1. The standard InChI is InChI=1S/C35H40N6O3S/c1-35(2,3)24-19-30(32(43-4)31(20-24)40-34-36-13-18-45-34)39-33(42)38-29-12-10-27(25-7-5-6-8-26(25)29)28-11-9-23(21-37-28)22-41-14-16-44-17-15-41/h5-12,19-21H,13-18,22H2,1-4H3,(H,36,40)(H2,38,39,42). The Labute approximate surface area is 268 Å². The Morgan fingerprint density at radius 2 is 1.73 bits per heavy atom. The molecule has 9 nitrogen and oxygen atoms in total. The van der Waals surface area contributed by atoms with Crippen molar-refractivity contribution in [3.63, 3.8) is 0 Å². The number of pyridine rings is 1. The summed E-state index contributed by atoms with van der Waals surface area (Å²) in [5, 5.41) is 12.3. The number of rotatable bonds is 7. The zero-order valence-corrected chi connectivity index (χ0v) is 27.1. The first kappa shape index (κ1) is 30.9. The van der Waals surface area contributed by atoms with E-state index in [1.165, 1.54) is 5.56 Å². The molecule has 10 heteroatoms. The minimum atomic E-state index is -0.360. The molecule has 2 aliphatic rings. The Morgan fingerprint density at radius 1 is 0.978 bits per heavy atom. The normalized spacial score (nSPS) is 15.5. The van der Waals surface area contributed by atoms with Crippen molar-refractivity contribution in [3.05, 3.63) is 78.0 Å². The smallest absolute Gasteiger partial charge is 0.323 e. The summed E-state index contributed by atoms with van der Waals surface area (Å²) in [6, 6.07) is 19.9. The lowest BCUT2D eigenvalue weighted by molar-refractivity contribution is 0.0341. The number of nitrogens with one attached hydrogen (secondary N) is 3. The summed E-state index contributed by atoms with van der Waals surface area (Å²) < 4.78 is 11.3. The van der Waals surface area contributed by atoms with Crippen molar-refractivity contribution in [3.8, 4) is 17.0 Å².